The Kier molecular flexibility index (Phi) is 3.84. The van der Waals surface area contributed by atoms with E-state index >= 15 is 0 Å². The fraction of sp³-hybridized carbons (Fsp3) is 0.600. The molecule has 0 atom stereocenters. The molecule has 0 aliphatic rings. The summed E-state index contributed by atoms with van der Waals surface area (Å²) >= 11 is 3.26. The molecule has 0 aromatic carbocycles. The second-order valence-corrected chi connectivity index (χ2v) is 5.63. The Morgan fingerprint density at radius 2 is 1.71 bits per heavy atom. The predicted molar refractivity (Wildman–Crippen MR) is 64.3 cm³/mol. The molecule has 0 amide bonds. The van der Waals surface area contributed by atoms with Crippen LogP contribution in [-0.4, -0.2) is 22.5 Å². The van der Waals surface area contributed by atoms with Crippen molar-refractivity contribution in [3.63, 3.8) is 0 Å². The lowest BCUT2D eigenvalue weighted by Crippen LogP contribution is -2.14. The van der Waals surface area contributed by atoms with E-state index < -0.39 is 0 Å². The zero-order valence-corrected chi connectivity index (χ0v) is 10.9. The average Bonchev–Trinajstić information content (AvgIpc) is 2.15. The maximum atomic E-state index is 4.51. The summed E-state index contributed by atoms with van der Waals surface area (Å²) in [6.45, 7) is 6.51. The van der Waals surface area contributed by atoms with Crippen LogP contribution in [-0.2, 0) is 5.41 Å². The minimum absolute atomic E-state index is 0.0951. The first kappa shape index (κ1) is 11.9. The molecule has 0 unspecified atom stereocenters. The van der Waals surface area contributed by atoms with Crippen LogP contribution in [0.2, 0.25) is 0 Å². The molecule has 1 heterocycles. The van der Waals surface area contributed by atoms with Gasteiger partial charge in [-0.25, -0.2) is 9.97 Å². The van der Waals surface area contributed by atoms with Crippen LogP contribution in [0.5, 0.6) is 0 Å². The zero-order chi connectivity index (χ0) is 10.8. The monoisotopic (exact) mass is 228 g/mol. The largest absolute Gasteiger partial charge is 0.227 e. The highest BCUT2D eigenvalue weighted by Gasteiger charge is 2.17. The van der Waals surface area contributed by atoms with Crippen molar-refractivity contribution in [2.45, 2.75) is 36.4 Å². The van der Waals surface area contributed by atoms with E-state index in [4.69, 9.17) is 0 Å². The molecule has 4 heteroatoms. The molecular weight excluding hydrogens is 212 g/mol. The second-order valence-electron chi connectivity index (χ2n) is 4.03. The number of thioether (sulfide) groups is 2. The van der Waals surface area contributed by atoms with Gasteiger partial charge >= 0.3 is 0 Å². The second kappa shape index (κ2) is 4.53. The SMILES string of the molecule is CSc1cc(C(C)(C)C)nc(SC)n1. The Morgan fingerprint density at radius 1 is 1.07 bits per heavy atom. The molecule has 0 aliphatic carbocycles. The minimum atomic E-state index is 0.0951. The van der Waals surface area contributed by atoms with E-state index in [-0.39, 0.29) is 5.41 Å². The van der Waals surface area contributed by atoms with E-state index in [1.165, 1.54) is 0 Å². The van der Waals surface area contributed by atoms with Gasteiger partial charge in [-0.3, -0.25) is 0 Å². The van der Waals surface area contributed by atoms with E-state index in [0.29, 0.717) is 0 Å². The van der Waals surface area contributed by atoms with Crippen molar-refractivity contribution in [2.75, 3.05) is 12.5 Å². The standard InChI is InChI=1S/C10H16N2S2/c1-10(2,3)7-6-8(13-4)12-9(11-7)14-5/h6H,1-5H3. The van der Waals surface area contributed by atoms with Crippen LogP contribution in [0.4, 0.5) is 0 Å². The molecule has 78 valence electrons. The van der Waals surface area contributed by atoms with E-state index in [2.05, 4.69) is 36.8 Å². The van der Waals surface area contributed by atoms with Gasteiger partial charge in [0.25, 0.3) is 0 Å². The van der Waals surface area contributed by atoms with Crippen molar-refractivity contribution in [1.29, 1.82) is 0 Å². The topological polar surface area (TPSA) is 25.8 Å². The summed E-state index contributed by atoms with van der Waals surface area (Å²) in [5.41, 5.74) is 1.21. The molecule has 1 rings (SSSR count). The van der Waals surface area contributed by atoms with Crippen LogP contribution in [0, 0.1) is 0 Å². The summed E-state index contributed by atoms with van der Waals surface area (Å²) in [5, 5.41) is 1.91. The van der Waals surface area contributed by atoms with E-state index in [9.17, 15) is 0 Å². The molecule has 0 radical (unpaired) electrons. The van der Waals surface area contributed by atoms with Gasteiger partial charge in [-0.05, 0) is 18.6 Å². The van der Waals surface area contributed by atoms with Gasteiger partial charge in [0.2, 0.25) is 0 Å². The van der Waals surface area contributed by atoms with Gasteiger partial charge in [-0.15, -0.1) is 11.8 Å². The minimum Gasteiger partial charge on any atom is -0.227 e. The third-order valence-corrected chi connectivity index (χ3v) is 3.02. The molecule has 0 bridgehead atoms. The summed E-state index contributed by atoms with van der Waals surface area (Å²) in [6, 6.07) is 2.07. The Bertz CT molecular complexity index is 296. The van der Waals surface area contributed by atoms with Gasteiger partial charge in [0.05, 0.1) is 5.69 Å². The Labute approximate surface area is 94.3 Å². The lowest BCUT2D eigenvalue weighted by Gasteiger charge is -2.18. The Morgan fingerprint density at radius 3 is 2.14 bits per heavy atom. The quantitative estimate of drug-likeness (QED) is 0.441. The molecule has 14 heavy (non-hydrogen) atoms. The summed E-state index contributed by atoms with van der Waals surface area (Å²) in [6.07, 6.45) is 4.05. The summed E-state index contributed by atoms with van der Waals surface area (Å²) in [4.78, 5) is 8.91. The van der Waals surface area contributed by atoms with E-state index in [1.54, 1.807) is 23.5 Å². The third kappa shape index (κ3) is 2.89. The average molecular weight is 228 g/mol. The molecule has 0 spiro atoms. The Hall–Kier alpha value is -0.220. The summed E-state index contributed by atoms with van der Waals surface area (Å²) in [7, 11) is 0. The van der Waals surface area contributed by atoms with Crippen LogP contribution in [0.25, 0.3) is 0 Å². The number of aromatic nitrogens is 2. The normalized spacial score (nSPS) is 11.8. The van der Waals surface area contributed by atoms with Crippen molar-refractivity contribution >= 4 is 23.5 Å². The first-order valence-electron chi connectivity index (χ1n) is 4.45. The van der Waals surface area contributed by atoms with Crippen molar-refractivity contribution in [2.24, 2.45) is 0 Å². The summed E-state index contributed by atoms with van der Waals surface area (Å²) < 4.78 is 0. The van der Waals surface area contributed by atoms with Crippen molar-refractivity contribution in [3.05, 3.63) is 11.8 Å². The van der Waals surface area contributed by atoms with Gasteiger partial charge in [-0.1, -0.05) is 32.5 Å². The Balaban J connectivity index is 3.17. The van der Waals surface area contributed by atoms with E-state index in [1.807, 2.05) is 12.5 Å². The first-order valence-corrected chi connectivity index (χ1v) is 6.90. The predicted octanol–water partition coefficient (Wildman–Crippen LogP) is 3.22. The van der Waals surface area contributed by atoms with Gasteiger partial charge in [-0.2, -0.15) is 0 Å². The smallest absolute Gasteiger partial charge is 0.188 e. The van der Waals surface area contributed by atoms with Crippen LogP contribution >= 0.6 is 23.5 Å². The van der Waals surface area contributed by atoms with Crippen LogP contribution < -0.4 is 0 Å². The third-order valence-electron chi connectivity index (χ3n) is 1.84. The number of nitrogens with zero attached hydrogens (tertiary/aromatic N) is 2. The highest BCUT2D eigenvalue weighted by Crippen LogP contribution is 2.25. The number of hydrogen-bond acceptors (Lipinski definition) is 4. The zero-order valence-electron chi connectivity index (χ0n) is 9.29. The molecule has 2 nitrogen and oxygen atoms in total. The number of hydrogen-bond donors (Lipinski definition) is 0. The van der Waals surface area contributed by atoms with Crippen LogP contribution in [0.15, 0.2) is 16.2 Å². The molecule has 0 fully saturated rings. The molecule has 0 saturated heterocycles. The fourth-order valence-corrected chi connectivity index (χ4v) is 1.83. The maximum absolute atomic E-state index is 4.51. The van der Waals surface area contributed by atoms with Crippen LogP contribution in [0.3, 0.4) is 0 Å². The van der Waals surface area contributed by atoms with Gasteiger partial charge in [0, 0.05) is 5.41 Å². The maximum Gasteiger partial charge on any atom is 0.188 e. The first-order chi connectivity index (χ1) is 6.47. The van der Waals surface area contributed by atoms with Crippen molar-refractivity contribution < 1.29 is 0 Å². The van der Waals surface area contributed by atoms with Crippen molar-refractivity contribution in [1.82, 2.24) is 9.97 Å². The van der Waals surface area contributed by atoms with Crippen molar-refractivity contribution in [3.8, 4) is 0 Å². The molecule has 1 aromatic rings. The lowest BCUT2D eigenvalue weighted by molar-refractivity contribution is 0.553. The molecule has 0 N–H and O–H groups in total. The molecular formula is C10H16N2S2. The van der Waals surface area contributed by atoms with Gasteiger partial charge < -0.3 is 0 Å². The molecule has 0 aliphatic heterocycles. The van der Waals surface area contributed by atoms with Gasteiger partial charge in [0.15, 0.2) is 5.16 Å². The summed E-state index contributed by atoms with van der Waals surface area (Å²) in [5.74, 6) is 0. The number of rotatable bonds is 2. The molecule has 1 aromatic heterocycles. The van der Waals surface area contributed by atoms with Crippen LogP contribution in [0.1, 0.15) is 26.5 Å². The highest BCUT2D eigenvalue weighted by atomic mass is 32.2. The lowest BCUT2D eigenvalue weighted by atomic mass is 9.92. The fourth-order valence-electron chi connectivity index (χ4n) is 0.984. The van der Waals surface area contributed by atoms with Gasteiger partial charge in [0.1, 0.15) is 5.03 Å². The molecule has 0 saturated carbocycles. The highest BCUT2D eigenvalue weighted by molar-refractivity contribution is 7.99. The van der Waals surface area contributed by atoms with E-state index in [0.717, 1.165) is 15.9 Å².